The molecule has 94 valence electrons. The third kappa shape index (κ3) is 5.63. The highest BCUT2D eigenvalue weighted by Gasteiger charge is 2.26. The zero-order valence-electron chi connectivity index (χ0n) is 9.47. The smallest absolute Gasteiger partial charge is 0.362 e. The molecule has 2 nitrogen and oxygen atoms in total. The monoisotopic (exact) mass is 254 g/mol. The van der Waals surface area contributed by atoms with Crippen molar-refractivity contribution in [2.45, 2.75) is 50.6 Å². The molecule has 16 heavy (non-hydrogen) atoms. The van der Waals surface area contributed by atoms with Crippen LogP contribution in [0.3, 0.4) is 0 Å². The lowest BCUT2D eigenvalue weighted by molar-refractivity contribution is -0.134. The highest BCUT2D eigenvalue weighted by atomic mass is 32.2. The summed E-state index contributed by atoms with van der Waals surface area (Å²) in [5.74, 6) is 0. The van der Waals surface area contributed by atoms with Gasteiger partial charge in [0.15, 0.2) is 5.17 Å². The molecule has 0 saturated carbocycles. The lowest BCUT2D eigenvalue weighted by atomic mass is 10.2. The van der Waals surface area contributed by atoms with Gasteiger partial charge in [-0.05, 0) is 19.8 Å². The fourth-order valence-corrected chi connectivity index (χ4v) is 2.78. The van der Waals surface area contributed by atoms with Gasteiger partial charge >= 0.3 is 6.18 Å². The summed E-state index contributed by atoms with van der Waals surface area (Å²) >= 11 is 1.61. The minimum atomic E-state index is -4.06. The van der Waals surface area contributed by atoms with Crippen molar-refractivity contribution in [3.8, 4) is 0 Å². The zero-order valence-corrected chi connectivity index (χ0v) is 10.3. The van der Waals surface area contributed by atoms with Gasteiger partial charge in [0.05, 0.1) is 0 Å². The third-order valence-corrected chi connectivity index (χ3v) is 3.31. The molecule has 2 atom stereocenters. The predicted octanol–water partition coefficient (Wildman–Crippen LogP) is 3.19. The normalized spacial score (nSPS) is 29.2. The summed E-state index contributed by atoms with van der Waals surface area (Å²) in [6.07, 6.45) is -3.68. The second-order valence-electron chi connectivity index (χ2n) is 4.12. The molecule has 0 amide bonds. The van der Waals surface area contributed by atoms with Crippen LogP contribution in [0.25, 0.3) is 0 Å². The van der Waals surface area contributed by atoms with E-state index in [0.29, 0.717) is 11.3 Å². The molecule has 1 saturated heterocycles. The van der Waals surface area contributed by atoms with Crippen molar-refractivity contribution in [2.75, 3.05) is 6.54 Å². The van der Waals surface area contributed by atoms with Gasteiger partial charge in [0.2, 0.25) is 0 Å². The highest BCUT2D eigenvalue weighted by molar-refractivity contribution is 8.14. The van der Waals surface area contributed by atoms with Gasteiger partial charge in [-0.3, -0.25) is 4.99 Å². The summed E-state index contributed by atoms with van der Waals surface area (Å²) in [7, 11) is 0. The Labute approximate surface area is 98.1 Å². The Morgan fingerprint density at radius 1 is 1.44 bits per heavy atom. The molecule has 0 aromatic carbocycles. The van der Waals surface area contributed by atoms with Crippen molar-refractivity contribution in [3.63, 3.8) is 0 Å². The van der Waals surface area contributed by atoms with Crippen LogP contribution >= 0.6 is 11.8 Å². The van der Waals surface area contributed by atoms with Crippen molar-refractivity contribution in [2.24, 2.45) is 4.99 Å². The molecule has 0 aromatic heterocycles. The molecular formula is C10H17F3N2S. The number of hydrogen-bond donors (Lipinski definition) is 1. The van der Waals surface area contributed by atoms with Gasteiger partial charge in [-0.25, -0.2) is 0 Å². The predicted molar refractivity (Wildman–Crippen MR) is 61.9 cm³/mol. The van der Waals surface area contributed by atoms with Crippen molar-refractivity contribution in [1.82, 2.24) is 5.32 Å². The number of thioether (sulfide) groups is 1. The van der Waals surface area contributed by atoms with Crippen molar-refractivity contribution in [1.29, 1.82) is 0 Å². The Bertz CT molecular complexity index is 241. The van der Waals surface area contributed by atoms with E-state index in [1.165, 1.54) is 0 Å². The fraction of sp³-hybridized carbons (Fsp3) is 0.900. The van der Waals surface area contributed by atoms with E-state index in [1.807, 2.05) is 0 Å². The number of nitrogens with zero attached hydrogens (tertiary/aromatic N) is 1. The van der Waals surface area contributed by atoms with E-state index in [4.69, 9.17) is 0 Å². The molecule has 0 aliphatic carbocycles. The van der Waals surface area contributed by atoms with E-state index in [-0.39, 0.29) is 13.0 Å². The number of rotatable bonds is 3. The third-order valence-electron chi connectivity index (χ3n) is 2.24. The van der Waals surface area contributed by atoms with E-state index >= 15 is 0 Å². The van der Waals surface area contributed by atoms with Gasteiger partial charge < -0.3 is 5.32 Å². The van der Waals surface area contributed by atoms with E-state index in [1.54, 1.807) is 11.8 Å². The summed E-state index contributed by atoms with van der Waals surface area (Å²) in [4.78, 5) is 4.16. The van der Waals surface area contributed by atoms with Crippen LogP contribution in [-0.2, 0) is 0 Å². The largest absolute Gasteiger partial charge is 0.389 e. The topological polar surface area (TPSA) is 24.4 Å². The van der Waals surface area contributed by atoms with Crippen LogP contribution in [-0.4, -0.2) is 29.2 Å². The Kier molecular flexibility index (Phi) is 4.95. The van der Waals surface area contributed by atoms with E-state index in [9.17, 15) is 13.2 Å². The first-order valence-corrected chi connectivity index (χ1v) is 6.29. The maximum atomic E-state index is 11.9. The van der Waals surface area contributed by atoms with Crippen LogP contribution in [0.4, 0.5) is 13.2 Å². The van der Waals surface area contributed by atoms with Crippen molar-refractivity contribution in [3.05, 3.63) is 0 Å². The first-order valence-electron chi connectivity index (χ1n) is 5.41. The second-order valence-corrected chi connectivity index (χ2v) is 5.54. The quantitative estimate of drug-likeness (QED) is 0.782. The Hall–Kier alpha value is -0.390. The SMILES string of the molecule is CC1CC(C)SC(=NCCCC(F)(F)F)N1. The van der Waals surface area contributed by atoms with E-state index in [2.05, 4.69) is 24.2 Å². The summed E-state index contributed by atoms with van der Waals surface area (Å²) in [6.45, 7) is 4.41. The molecule has 1 heterocycles. The molecular weight excluding hydrogens is 237 g/mol. The Balaban J connectivity index is 2.28. The Morgan fingerprint density at radius 3 is 2.69 bits per heavy atom. The van der Waals surface area contributed by atoms with E-state index in [0.717, 1.165) is 11.6 Å². The Morgan fingerprint density at radius 2 is 2.12 bits per heavy atom. The van der Waals surface area contributed by atoms with Crippen LogP contribution in [0.2, 0.25) is 0 Å². The molecule has 1 N–H and O–H groups in total. The lowest BCUT2D eigenvalue weighted by Crippen LogP contribution is -2.38. The maximum absolute atomic E-state index is 11.9. The molecule has 6 heteroatoms. The number of halogens is 3. The number of amidine groups is 1. The molecule has 1 aliphatic heterocycles. The zero-order chi connectivity index (χ0) is 12.2. The average Bonchev–Trinajstić information content (AvgIpc) is 2.09. The van der Waals surface area contributed by atoms with Gasteiger partial charge in [-0.1, -0.05) is 18.7 Å². The molecule has 1 aliphatic rings. The van der Waals surface area contributed by atoms with Crippen LogP contribution < -0.4 is 5.32 Å². The number of hydrogen-bond acceptors (Lipinski definition) is 2. The van der Waals surface area contributed by atoms with Crippen molar-refractivity contribution >= 4 is 16.9 Å². The summed E-state index contributed by atoms with van der Waals surface area (Å²) in [5.41, 5.74) is 0. The first kappa shape index (κ1) is 13.7. The maximum Gasteiger partial charge on any atom is 0.389 e. The molecule has 1 rings (SSSR count). The summed E-state index contributed by atoms with van der Waals surface area (Å²) in [6, 6.07) is 0.359. The second kappa shape index (κ2) is 5.80. The minimum Gasteiger partial charge on any atom is -0.362 e. The number of alkyl halides is 3. The van der Waals surface area contributed by atoms with Crippen LogP contribution in [0.1, 0.15) is 33.1 Å². The van der Waals surface area contributed by atoms with Crippen LogP contribution in [0.15, 0.2) is 4.99 Å². The van der Waals surface area contributed by atoms with Crippen molar-refractivity contribution < 1.29 is 13.2 Å². The van der Waals surface area contributed by atoms with Crippen LogP contribution in [0.5, 0.6) is 0 Å². The highest BCUT2D eigenvalue weighted by Crippen LogP contribution is 2.23. The first-order chi connectivity index (χ1) is 7.37. The van der Waals surface area contributed by atoms with Gasteiger partial charge in [-0.15, -0.1) is 0 Å². The number of nitrogens with one attached hydrogen (secondary N) is 1. The molecule has 2 unspecified atom stereocenters. The molecule has 0 spiro atoms. The van der Waals surface area contributed by atoms with Gasteiger partial charge in [0.25, 0.3) is 0 Å². The molecule has 0 bridgehead atoms. The van der Waals surface area contributed by atoms with Gasteiger partial charge in [0.1, 0.15) is 0 Å². The molecule has 0 radical (unpaired) electrons. The van der Waals surface area contributed by atoms with Gasteiger partial charge in [-0.2, -0.15) is 13.2 Å². The van der Waals surface area contributed by atoms with Gasteiger partial charge in [0, 0.05) is 24.3 Å². The molecule has 0 aromatic rings. The summed E-state index contributed by atoms with van der Waals surface area (Å²) in [5, 5.41) is 4.45. The number of aliphatic imine (C=N–C) groups is 1. The standard InChI is InChI=1S/C10H17F3N2S/c1-7-6-8(2)16-9(15-7)14-5-3-4-10(11,12)13/h7-8H,3-6H2,1-2H3,(H,14,15). The lowest BCUT2D eigenvalue weighted by Gasteiger charge is -2.26. The minimum absolute atomic E-state index is 0.0675. The summed E-state index contributed by atoms with van der Waals surface area (Å²) < 4.78 is 35.6. The van der Waals surface area contributed by atoms with E-state index < -0.39 is 12.6 Å². The average molecular weight is 254 g/mol. The van der Waals surface area contributed by atoms with Crippen LogP contribution in [0, 0.1) is 0 Å². The molecule has 1 fully saturated rings. The fourth-order valence-electron chi connectivity index (χ4n) is 1.58.